The molecule has 0 N–H and O–H groups in total. The van der Waals surface area contributed by atoms with Gasteiger partial charge in [-0.1, -0.05) is 27.7 Å². The van der Waals surface area contributed by atoms with Gasteiger partial charge in [0.1, 0.15) is 0 Å². The van der Waals surface area contributed by atoms with Crippen LogP contribution in [0.2, 0.25) is 0 Å². The molecule has 15 heavy (non-hydrogen) atoms. The molecule has 0 aromatic heterocycles. The molecule has 1 fully saturated rings. The van der Waals surface area contributed by atoms with Gasteiger partial charge in [0, 0.05) is 5.92 Å². The van der Waals surface area contributed by atoms with Gasteiger partial charge in [-0.3, -0.25) is 0 Å². The van der Waals surface area contributed by atoms with Crippen LogP contribution in [0, 0.1) is 17.8 Å². The van der Waals surface area contributed by atoms with Crippen molar-refractivity contribution in [1.82, 2.24) is 0 Å². The maximum Gasteiger partial charge on any atom is 0.163 e. The molecule has 90 valence electrons. The van der Waals surface area contributed by atoms with Gasteiger partial charge in [0.2, 0.25) is 0 Å². The highest BCUT2D eigenvalue weighted by Crippen LogP contribution is 2.32. The Hall–Kier alpha value is -0.0800. The van der Waals surface area contributed by atoms with Crippen molar-refractivity contribution >= 4 is 0 Å². The summed E-state index contributed by atoms with van der Waals surface area (Å²) in [6.45, 7) is 13.9. The van der Waals surface area contributed by atoms with Gasteiger partial charge in [0.05, 0.1) is 12.7 Å². The molecule has 2 heteroatoms. The molecule has 0 aromatic carbocycles. The normalized spacial score (nSPS) is 33.0. The summed E-state index contributed by atoms with van der Waals surface area (Å²) in [5, 5.41) is 0. The van der Waals surface area contributed by atoms with E-state index in [9.17, 15) is 0 Å². The van der Waals surface area contributed by atoms with E-state index >= 15 is 0 Å². The Labute approximate surface area is 94.3 Å². The lowest BCUT2D eigenvalue weighted by Gasteiger charge is -2.42. The predicted molar refractivity (Wildman–Crippen MR) is 62.7 cm³/mol. The summed E-state index contributed by atoms with van der Waals surface area (Å²) in [6.07, 6.45) is 1.57. The van der Waals surface area contributed by atoms with Gasteiger partial charge < -0.3 is 9.47 Å². The molecule has 2 nitrogen and oxygen atoms in total. The van der Waals surface area contributed by atoms with E-state index in [1.807, 2.05) is 13.8 Å². The first-order valence-electron chi connectivity index (χ1n) is 6.13. The van der Waals surface area contributed by atoms with Gasteiger partial charge in [0.15, 0.2) is 5.79 Å². The van der Waals surface area contributed by atoms with E-state index in [1.165, 1.54) is 6.42 Å². The van der Waals surface area contributed by atoms with Crippen molar-refractivity contribution in [2.24, 2.45) is 17.8 Å². The topological polar surface area (TPSA) is 18.5 Å². The van der Waals surface area contributed by atoms with Crippen LogP contribution in [0.25, 0.3) is 0 Å². The number of hydrogen-bond donors (Lipinski definition) is 0. The van der Waals surface area contributed by atoms with Gasteiger partial charge in [0.25, 0.3) is 0 Å². The molecule has 0 saturated carbocycles. The summed E-state index contributed by atoms with van der Waals surface area (Å²) < 4.78 is 11.7. The monoisotopic (exact) mass is 214 g/mol. The molecule has 0 aromatic rings. The van der Waals surface area contributed by atoms with Crippen molar-refractivity contribution in [3.63, 3.8) is 0 Å². The minimum atomic E-state index is -0.400. The van der Waals surface area contributed by atoms with E-state index in [0.29, 0.717) is 17.9 Å². The van der Waals surface area contributed by atoms with Crippen LogP contribution in [-0.4, -0.2) is 18.5 Å². The summed E-state index contributed by atoms with van der Waals surface area (Å²) in [7, 11) is 0. The molecule has 0 unspecified atom stereocenters. The smallest absolute Gasteiger partial charge is 0.163 e. The van der Waals surface area contributed by atoms with Crippen LogP contribution in [-0.2, 0) is 9.47 Å². The van der Waals surface area contributed by atoms with Crippen LogP contribution >= 0.6 is 0 Å². The van der Waals surface area contributed by atoms with E-state index in [2.05, 4.69) is 27.7 Å². The van der Waals surface area contributed by atoms with Crippen molar-refractivity contribution in [1.29, 1.82) is 0 Å². The zero-order chi connectivity index (χ0) is 11.6. The molecule has 1 aliphatic heterocycles. The molecule has 0 radical (unpaired) electrons. The Morgan fingerprint density at radius 3 is 2.40 bits per heavy atom. The molecule has 0 bridgehead atoms. The molecule has 1 aliphatic rings. The van der Waals surface area contributed by atoms with Crippen LogP contribution in [0.1, 0.15) is 48.0 Å². The molecule has 1 saturated heterocycles. The lowest BCUT2D eigenvalue weighted by Crippen LogP contribution is -2.47. The Bertz CT molecular complexity index is 199. The van der Waals surface area contributed by atoms with Crippen molar-refractivity contribution in [2.45, 2.75) is 59.9 Å². The fraction of sp³-hybridized carbons (Fsp3) is 1.00. The summed E-state index contributed by atoms with van der Waals surface area (Å²) >= 11 is 0. The van der Waals surface area contributed by atoms with Crippen LogP contribution < -0.4 is 0 Å². The highest BCUT2D eigenvalue weighted by Gasteiger charge is 2.36. The highest BCUT2D eigenvalue weighted by atomic mass is 16.7. The van der Waals surface area contributed by atoms with Crippen LogP contribution in [0.15, 0.2) is 0 Å². The first-order chi connectivity index (χ1) is 6.82. The predicted octanol–water partition coefficient (Wildman–Crippen LogP) is 3.46. The van der Waals surface area contributed by atoms with E-state index in [4.69, 9.17) is 9.47 Å². The summed E-state index contributed by atoms with van der Waals surface area (Å²) in [6, 6.07) is 0. The lowest BCUT2D eigenvalue weighted by atomic mass is 9.86. The van der Waals surface area contributed by atoms with E-state index in [1.54, 1.807) is 0 Å². The molecule has 1 heterocycles. The summed E-state index contributed by atoms with van der Waals surface area (Å²) in [4.78, 5) is 0. The fourth-order valence-corrected chi connectivity index (χ4v) is 2.46. The Morgan fingerprint density at radius 1 is 1.27 bits per heavy atom. The molecule has 0 spiro atoms. The highest BCUT2D eigenvalue weighted by molar-refractivity contribution is 4.79. The molecular weight excluding hydrogens is 188 g/mol. The third-order valence-corrected chi connectivity index (χ3v) is 3.08. The molecule has 0 amide bonds. The zero-order valence-corrected chi connectivity index (χ0v) is 11.0. The van der Waals surface area contributed by atoms with E-state index in [-0.39, 0.29) is 0 Å². The summed E-state index contributed by atoms with van der Waals surface area (Å²) in [5.41, 5.74) is 0. The van der Waals surface area contributed by atoms with Crippen molar-refractivity contribution in [3.05, 3.63) is 0 Å². The SMILES string of the molecule is CC(C)C[C@@H](C)[C@H]1OC(C)(C)OC[C@@H]1C. The van der Waals surface area contributed by atoms with Gasteiger partial charge in [-0.15, -0.1) is 0 Å². The lowest BCUT2D eigenvalue weighted by molar-refractivity contribution is -0.300. The minimum absolute atomic E-state index is 0.344. The molecule has 3 atom stereocenters. The van der Waals surface area contributed by atoms with E-state index in [0.717, 1.165) is 12.5 Å². The maximum absolute atomic E-state index is 6.03. The minimum Gasteiger partial charge on any atom is -0.350 e. The van der Waals surface area contributed by atoms with Crippen molar-refractivity contribution in [2.75, 3.05) is 6.61 Å². The average molecular weight is 214 g/mol. The quantitative estimate of drug-likeness (QED) is 0.716. The maximum atomic E-state index is 6.03. The molecule has 1 rings (SSSR count). The van der Waals surface area contributed by atoms with Gasteiger partial charge in [-0.05, 0) is 32.1 Å². The van der Waals surface area contributed by atoms with Crippen LogP contribution in [0.5, 0.6) is 0 Å². The van der Waals surface area contributed by atoms with Crippen molar-refractivity contribution in [3.8, 4) is 0 Å². The van der Waals surface area contributed by atoms with E-state index < -0.39 is 5.79 Å². The number of rotatable bonds is 3. The molecular formula is C13H26O2. The van der Waals surface area contributed by atoms with Gasteiger partial charge >= 0.3 is 0 Å². The Kier molecular flexibility index (Phi) is 4.19. The van der Waals surface area contributed by atoms with Crippen molar-refractivity contribution < 1.29 is 9.47 Å². The first kappa shape index (κ1) is 13.0. The second-order valence-electron chi connectivity index (χ2n) is 5.88. The fourth-order valence-electron chi connectivity index (χ4n) is 2.46. The Balaban J connectivity index is 2.57. The van der Waals surface area contributed by atoms with Gasteiger partial charge in [-0.25, -0.2) is 0 Å². The number of hydrogen-bond acceptors (Lipinski definition) is 2. The zero-order valence-electron chi connectivity index (χ0n) is 11.0. The largest absolute Gasteiger partial charge is 0.350 e. The first-order valence-corrected chi connectivity index (χ1v) is 6.13. The second-order valence-corrected chi connectivity index (χ2v) is 5.88. The average Bonchev–Trinajstić information content (AvgIpc) is 2.08. The summed E-state index contributed by atoms with van der Waals surface area (Å²) in [5.74, 6) is 1.46. The third-order valence-electron chi connectivity index (χ3n) is 3.08. The van der Waals surface area contributed by atoms with Gasteiger partial charge in [-0.2, -0.15) is 0 Å². The third kappa shape index (κ3) is 3.76. The number of ether oxygens (including phenoxy) is 2. The van der Waals surface area contributed by atoms with Crippen LogP contribution in [0.3, 0.4) is 0 Å². The standard InChI is InChI=1S/C13H26O2/c1-9(2)7-10(3)12-11(4)8-14-13(5,6)15-12/h9-12H,7-8H2,1-6H3/t10-,11+,12-/m1/s1. The second kappa shape index (κ2) is 4.84. The Morgan fingerprint density at radius 2 is 1.87 bits per heavy atom. The van der Waals surface area contributed by atoms with Crippen LogP contribution in [0.4, 0.5) is 0 Å². The molecule has 0 aliphatic carbocycles.